The fraction of sp³-hybridized carbons (Fsp3) is 0.231. The van der Waals surface area contributed by atoms with Gasteiger partial charge in [0.1, 0.15) is 5.76 Å². The van der Waals surface area contributed by atoms with Gasteiger partial charge in [0.2, 0.25) is 0 Å². The van der Waals surface area contributed by atoms with Crippen LogP contribution in [0.3, 0.4) is 0 Å². The number of furan rings is 1. The second-order valence-electron chi connectivity index (χ2n) is 4.16. The van der Waals surface area contributed by atoms with E-state index in [1.807, 2.05) is 6.92 Å². The number of aryl methyl sites for hydroxylation is 1. The van der Waals surface area contributed by atoms with Gasteiger partial charge in [-0.05, 0) is 25.1 Å². The lowest BCUT2D eigenvalue weighted by molar-refractivity contribution is 0.507. The second kappa shape index (κ2) is 4.68. The molecule has 0 amide bonds. The molecule has 1 aromatic heterocycles. The lowest BCUT2D eigenvalue weighted by Gasteiger charge is -2.21. The third-order valence-electron chi connectivity index (χ3n) is 2.86. The molecule has 5 heteroatoms. The molecular formula is C13H14F2N2O. The Morgan fingerprint density at radius 3 is 2.61 bits per heavy atom. The van der Waals surface area contributed by atoms with Crippen LogP contribution in [0.15, 0.2) is 28.9 Å². The molecule has 0 aliphatic rings. The number of benzene rings is 1. The minimum atomic E-state index is -0.932. The van der Waals surface area contributed by atoms with Gasteiger partial charge in [-0.15, -0.1) is 0 Å². The third-order valence-corrected chi connectivity index (χ3v) is 2.86. The van der Waals surface area contributed by atoms with Crippen molar-refractivity contribution in [1.29, 1.82) is 0 Å². The number of nitrogen functional groups attached to an aromatic ring is 1. The van der Waals surface area contributed by atoms with E-state index in [1.54, 1.807) is 24.3 Å². The van der Waals surface area contributed by atoms with Gasteiger partial charge in [0.25, 0.3) is 0 Å². The van der Waals surface area contributed by atoms with Crippen molar-refractivity contribution >= 4 is 11.4 Å². The van der Waals surface area contributed by atoms with Gasteiger partial charge in [0, 0.05) is 19.2 Å². The molecule has 96 valence electrons. The van der Waals surface area contributed by atoms with E-state index >= 15 is 0 Å². The third kappa shape index (κ3) is 2.16. The first-order valence-electron chi connectivity index (χ1n) is 5.48. The Morgan fingerprint density at radius 2 is 2.00 bits per heavy atom. The quantitative estimate of drug-likeness (QED) is 0.853. The van der Waals surface area contributed by atoms with Gasteiger partial charge in [-0.25, -0.2) is 8.78 Å². The molecule has 0 saturated carbocycles. The van der Waals surface area contributed by atoms with Crippen molar-refractivity contribution < 1.29 is 13.2 Å². The Labute approximate surface area is 104 Å². The maximum absolute atomic E-state index is 13.7. The summed E-state index contributed by atoms with van der Waals surface area (Å²) in [6, 6.07) is 4.16. The highest BCUT2D eigenvalue weighted by Gasteiger charge is 2.17. The van der Waals surface area contributed by atoms with Crippen LogP contribution in [0.25, 0.3) is 0 Å². The minimum absolute atomic E-state index is 0.0654. The standard InChI is InChI=1S/C13H14F2N2O/c1-8-9(5-6-18-8)7-17(2)13-11(16)4-3-10(14)12(13)15/h3-6H,7,16H2,1-2H3. The summed E-state index contributed by atoms with van der Waals surface area (Å²) in [7, 11) is 1.65. The number of hydrogen-bond donors (Lipinski definition) is 1. The van der Waals surface area contributed by atoms with Crippen LogP contribution in [0, 0.1) is 18.6 Å². The average molecular weight is 252 g/mol. The molecule has 1 heterocycles. The van der Waals surface area contributed by atoms with Crippen LogP contribution in [0.1, 0.15) is 11.3 Å². The van der Waals surface area contributed by atoms with Crippen LogP contribution >= 0.6 is 0 Å². The molecular weight excluding hydrogens is 238 g/mol. The summed E-state index contributed by atoms with van der Waals surface area (Å²) >= 11 is 0. The lowest BCUT2D eigenvalue weighted by Crippen LogP contribution is -2.20. The van der Waals surface area contributed by atoms with Gasteiger partial charge in [0.05, 0.1) is 17.6 Å². The number of nitrogens with zero attached hydrogens (tertiary/aromatic N) is 1. The molecule has 0 aliphatic carbocycles. The van der Waals surface area contributed by atoms with Gasteiger partial charge in [0.15, 0.2) is 11.6 Å². The predicted octanol–water partition coefficient (Wildman–Crippen LogP) is 3.08. The van der Waals surface area contributed by atoms with Crippen molar-refractivity contribution in [1.82, 2.24) is 0 Å². The van der Waals surface area contributed by atoms with Crippen LogP contribution in [0.5, 0.6) is 0 Å². The first kappa shape index (κ1) is 12.4. The molecule has 2 aromatic rings. The van der Waals surface area contributed by atoms with Crippen LogP contribution in [0.4, 0.5) is 20.2 Å². The Bertz CT molecular complexity index is 566. The zero-order valence-electron chi connectivity index (χ0n) is 10.2. The van der Waals surface area contributed by atoms with E-state index in [2.05, 4.69) is 0 Å². The fourth-order valence-electron chi connectivity index (χ4n) is 1.85. The van der Waals surface area contributed by atoms with E-state index < -0.39 is 11.6 Å². The van der Waals surface area contributed by atoms with Crippen molar-refractivity contribution in [3.8, 4) is 0 Å². The van der Waals surface area contributed by atoms with Crippen molar-refractivity contribution in [3.05, 3.63) is 47.4 Å². The van der Waals surface area contributed by atoms with Crippen LogP contribution in [-0.2, 0) is 6.54 Å². The first-order chi connectivity index (χ1) is 8.50. The molecule has 0 radical (unpaired) electrons. The van der Waals surface area contributed by atoms with Gasteiger partial charge in [-0.1, -0.05) is 0 Å². The second-order valence-corrected chi connectivity index (χ2v) is 4.16. The summed E-state index contributed by atoms with van der Waals surface area (Å²) in [6.07, 6.45) is 1.56. The van der Waals surface area contributed by atoms with Gasteiger partial charge >= 0.3 is 0 Å². The molecule has 2 rings (SSSR count). The first-order valence-corrected chi connectivity index (χ1v) is 5.48. The Hall–Kier alpha value is -2.04. The number of hydrogen-bond acceptors (Lipinski definition) is 3. The van der Waals surface area contributed by atoms with Crippen LogP contribution in [0.2, 0.25) is 0 Å². The Kier molecular flexibility index (Phi) is 3.23. The monoisotopic (exact) mass is 252 g/mol. The summed E-state index contributed by atoms with van der Waals surface area (Å²) in [5, 5.41) is 0. The predicted molar refractivity (Wildman–Crippen MR) is 66.3 cm³/mol. The largest absolute Gasteiger partial charge is 0.469 e. The topological polar surface area (TPSA) is 42.4 Å². The van der Waals surface area contributed by atoms with Crippen molar-refractivity contribution in [2.24, 2.45) is 0 Å². The maximum atomic E-state index is 13.7. The van der Waals surface area contributed by atoms with Crippen LogP contribution in [-0.4, -0.2) is 7.05 Å². The van der Waals surface area contributed by atoms with Crippen molar-refractivity contribution in [3.63, 3.8) is 0 Å². The van der Waals surface area contributed by atoms with E-state index in [-0.39, 0.29) is 11.4 Å². The highest BCUT2D eigenvalue weighted by Crippen LogP contribution is 2.29. The molecule has 0 atom stereocenters. The molecule has 0 fully saturated rings. The number of rotatable bonds is 3. The van der Waals surface area contributed by atoms with Gasteiger partial charge in [-0.3, -0.25) is 0 Å². The normalized spacial score (nSPS) is 10.7. The molecule has 0 spiro atoms. The van der Waals surface area contributed by atoms with E-state index in [9.17, 15) is 8.78 Å². The maximum Gasteiger partial charge on any atom is 0.184 e. The van der Waals surface area contributed by atoms with E-state index in [4.69, 9.17) is 10.2 Å². The molecule has 18 heavy (non-hydrogen) atoms. The highest BCUT2D eigenvalue weighted by molar-refractivity contribution is 5.68. The van der Waals surface area contributed by atoms with Crippen molar-refractivity contribution in [2.75, 3.05) is 17.7 Å². The van der Waals surface area contributed by atoms with E-state index in [0.717, 1.165) is 17.4 Å². The van der Waals surface area contributed by atoms with Gasteiger partial charge in [-0.2, -0.15) is 0 Å². The molecule has 0 saturated heterocycles. The molecule has 0 aliphatic heterocycles. The molecule has 3 nitrogen and oxygen atoms in total. The zero-order chi connectivity index (χ0) is 13.3. The summed E-state index contributed by atoms with van der Waals surface area (Å²) in [5.41, 5.74) is 6.86. The number of halogens is 2. The highest BCUT2D eigenvalue weighted by atomic mass is 19.2. The SMILES string of the molecule is Cc1occc1CN(C)c1c(N)ccc(F)c1F. The average Bonchev–Trinajstić information content (AvgIpc) is 2.70. The minimum Gasteiger partial charge on any atom is -0.469 e. The molecule has 0 bridgehead atoms. The fourth-order valence-corrected chi connectivity index (χ4v) is 1.85. The summed E-state index contributed by atoms with van der Waals surface area (Å²) in [4.78, 5) is 1.56. The Morgan fingerprint density at radius 1 is 1.28 bits per heavy atom. The summed E-state index contributed by atoms with van der Waals surface area (Å²) < 4.78 is 32.1. The molecule has 2 N–H and O–H groups in total. The summed E-state index contributed by atoms with van der Waals surface area (Å²) in [6.45, 7) is 2.21. The van der Waals surface area contributed by atoms with E-state index in [0.29, 0.717) is 6.54 Å². The smallest absolute Gasteiger partial charge is 0.184 e. The van der Waals surface area contributed by atoms with Crippen LogP contribution < -0.4 is 10.6 Å². The molecule has 0 unspecified atom stereocenters. The van der Waals surface area contributed by atoms with Crippen molar-refractivity contribution in [2.45, 2.75) is 13.5 Å². The Balaban J connectivity index is 2.32. The number of nitrogens with two attached hydrogens (primary N) is 1. The number of anilines is 2. The zero-order valence-corrected chi connectivity index (χ0v) is 10.2. The molecule has 1 aromatic carbocycles. The van der Waals surface area contributed by atoms with E-state index in [1.165, 1.54) is 6.07 Å². The van der Waals surface area contributed by atoms with Gasteiger partial charge < -0.3 is 15.1 Å². The lowest BCUT2D eigenvalue weighted by atomic mass is 10.2. The summed E-state index contributed by atoms with van der Waals surface area (Å²) in [5.74, 6) is -1.09.